The molecular weight excluding hydrogens is 312 g/mol. The van der Waals surface area contributed by atoms with Crippen molar-refractivity contribution in [2.45, 2.75) is 25.7 Å². The van der Waals surface area contributed by atoms with Gasteiger partial charge < -0.3 is 10.2 Å². The average molecular weight is 338 g/mol. The lowest BCUT2D eigenvalue weighted by atomic mass is 9.96. The van der Waals surface area contributed by atoms with E-state index < -0.39 is 0 Å². The summed E-state index contributed by atoms with van der Waals surface area (Å²) in [5.41, 5.74) is 3.21. The number of amides is 1. The SMILES string of the molecule is CC[C@H](C(=O)Nc1cc(C2=CCCN(C)C2)nn1C)c1ccccc1. The number of hydrogen-bond acceptors (Lipinski definition) is 3. The first-order chi connectivity index (χ1) is 12.1. The van der Waals surface area contributed by atoms with Gasteiger partial charge in [-0.1, -0.05) is 43.3 Å². The van der Waals surface area contributed by atoms with Gasteiger partial charge in [-0.05, 0) is 31.0 Å². The molecule has 0 bridgehead atoms. The molecule has 1 aliphatic rings. The number of rotatable bonds is 5. The van der Waals surface area contributed by atoms with Gasteiger partial charge in [0.1, 0.15) is 5.82 Å². The predicted molar refractivity (Wildman–Crippen MR) is 101 cm³/mol. The maximum Gasteiger partial charge on any atom is 0.233 e. The van der Waals surface area contributed by atoms with E-state index in [9.17, 15) is 4.79 Å². The minimum absolute atomic E-state index is 0.0120. The second kappa shape index (κ2) is 7.66. The van der Waals surface area contributed by atoms with Crippen LogP contribution in [0.3, 0.4) is 0 Å². The Hall–Kier alpha value is -2.40. The molecule has 0 saturated carbocycles. The molecule has 0 saturated heterocycles. The van der Waals surface area contributed by atoms with Crippen molar-refractivity contribution in [3.8, 4) is 0 Å². The summed E-state index contributed by atoms with van der Waals surface area (Å²) >= 11 is 0. The van der Waals surface area contributed by atoms with E-state index in [0.29, 0.717) is 0 Å². The Morgan fingerprint density at radius 3 is 2.72 bits per heavy atom. The van der Waals surface area contributed by atoms with E-state index >= 15 is 0 Å². The Kier molecular flexibility index (Phi) is 5.34. The molecule has 0 radical (unpaired) electrons. The Labute approximate surface area is 149 Å². The van der Waals surface area contributed by atoms with Gasteiger partial charge in [0.15, 0.2) is 0 Å². The number of hydrogen-bond donors (Lipinski definition) is 1. The molecule has 0 unspecified atom stereocenters. The van der Waals surface area contributed by atoms with Crippen LogP contribution in [0, 0.1) is 0 Å². The third-order valence-electron chi connectivity index (χ3n) is 4.73. The van der Waals surface area contributed by atoms with Gasteiger partial charge >= 0.3 is 0 Å². The molecule has 5 heteroatoms. The molecule has 0 aliphatic carbocycles. The molecule has 1 aliphatic heterocycles. The van der Waals surface area contributed by atoms with Crippen LogP contribution >= 0.6 is 0 Å². The Balaban J connectivity index is 1.76. The number of aryl methyl sites for hydroxylation is 1. The van der Waals surface area contributed by atoms with Crippen molar-refractivity contribution < 1.29 is 4.79 Å². The second-order valence-electron chi connectivity index (χ2n) is 6.66. The summed E-state index contributed by atoms with van der Waals surface area (Å²) in [6, 6.07) is 11.9. The summed E-state index contributed by atoms with van der Waals surface area (Å²) in [5, 5.41) is 7.64. The monoisotopic (exact) mass is 338 g/mol. The fourth-order valence-corrected chi connectivity index (χ4v) is 3.29. The first-order valence-corrected chi connectivity index (χ1v) is 8.86. The van der Waals surface area contributed by atoms with Crippen molar-refractivity contribution in [2.75, 3.05) is 25.5 Å². The number of carbonyl (C=O) groups is 1. The topological polar surface area (TPSA) is 50.2 Å². The molecule has 0 spiro atoms. The normalized spacial score (nSPS) is 16.4. The van der Waals surface area contributed by atoms with Gasteiger partial charge in [-0.15, -0.1) is 0 Å². The number of carbonyl (C=O) groups excluding carboxylic acids is 1. The molecule has 1 amide bonds. The van der Waals surface area contributed by atoms with Crippen molar-refractivity contribution in [2.24, 2.45) is 7.05 Å². The van der Waals surface area contributed by atoms with Gasteiger partial charge in [0.05, 0.1) is 11.6 Å². The lowest BCUT2D eigenvalue weighted by Crippen LogP contribution is -2.25. The zero-order chi connectivity index (χ0) is 17.8. The molecule has 5 nitrogen and oxygen atoms in total. The van der Waals surface area contributed by atoms with Gasteiger partial charge in [0.2, 0.25) is 5.91 Å². The molecule has 2 heterocycles. The van der Waals surface area contributed by atoms with Crippen LogP contribution in [0.4, 0.5) is 5.82 Å². The molecule has 25 heavy (non-hydrogen) atoms. The summed E-state index contributed by atoms with van der Waals surface area (Å²) in [7, 11) is 3.99. The summed E-state index contributed by atoms with van der Waals surface area (Å²) in [4.78, 5) is 15.0. The van der Waals surface area contributed by atoms with Gasteiger partial charge in [0.25, 0.3) is 0 Å². The quantitative estimate of drug-likeness (QED) is 0.910. The lowest BCUT2D eigenvalue weighted by molar-refractivity contribution is -0.117. The number of anilines is 1. The summed E-state index contributed by atoms with van der Waals surface area (Å²) in [6.07, 6.45) is 4.04. The van der Waals surface area contributed by atoms with E-state index in [-0.39, 0.29) is 11.8 Å². The maximum atomic E-state index is 12.8. The van der Waals surface area contributed by atoms with E-state index in [1.165, 1.54) is 5.57 Å². The van der Waals surface area contributed by atoms with Crippen LogP contribution in [0.1, 0.15) is 36.9 Å². The number of nitrogens with zero attached hydrogens (tertiary/aromatic N) is 3. The third kappa shape index (κ3) is 3.99. The van der Waals surface area contributed by atoms with Gasteiger partial charge in [0, 0.05) is 26.2 Å². The maximum absolute atomic E-state index is 12.8. The first kappa shape index (κ1) is 17.4. The molecule has 1 N–H and O–H groups in total. The fraction of sp³-hybridized carbons (Fsp3) is 0.400. The highest BCUT2D eigenvalue weighted by molar-refractivity contribution is 5.95. The first-order valence-electron chi connectivity index (χ1n) is 8.86. The zero-order valence-electron chi connectivity index (χ0n) is 15.2. The average Bonchev–Trinajstić information content (AvgIpc) is 2.97. The predicted octanol–water partition coefficient (Wildman–Crippen LogP) is 3.27. The fourth-order valence-electron chi connectivity index (χ4n) is 3.29. The number of nitrogens with one attached hydrogen (secondary N) is 1. The van der Waals surface area contributed by atoms with E-state index in [2.05, 4.69) is 28.4 Å². The summed E-state index contributed by atoms with van der Waals surface area (Å²) < 4.78 is 1.75. The number of likely N-dealkylation sites (N-methyl/N-ethyl adjacent to an activating group) is 1. The summed E-state index contributed by atoms with van der Waals surface area (Å²) in [6.45, 7) is 4.01. The van der Waals surface area contributed by atoms with E-state index in [1.54, 1.807) is 4.68 Å². The molecule has 0 fully saturated rings. The largest absolute Gasteiger partial charge is 0.310 e. The van der Waals surface area contributed by atoms with Crippen LogP contribution in [0.2, 0.25) is 0 Å². The Bertz CT molecular complexity index is 763. The highest BCUT2D eigenvalue weighted by atomic mass is 16.2. The second-order valence-corrected chi connectivity index (χ2v) is 6.66. The number of aromatic nitrogens is 2. The van der Waals surface area contributed by atoms with Crippen LogP contribution in [0.15, 0.2) is 42.5 Å². The van der Waals surface area contributed by atoms with Crippen LogP contribution < -0.4 is 5.32 Å². The smallest absolute Gasteiger partial charge is 0.233 e. The zero-order valence-corrected chi connectivity index (χ0v) is 15.2. The third-order valence-corrected chi connectivity index (χ3v) is 4.73. The van der Waals surface area contributed by atoms with Crippen LogP contribution in [0.25, 0.3) is 5.57 Å². The van der Waals surface area contributed by atoms with Crippen molar-refractivity contribution in [3.63, 3.8) is 0 Å². The molecular formula is C20H26N4O. The van der Waals surface area contributed by atoms with E-state index in [0.717, 1.165) is 43.0 Å². The molecule has 1 aromatic heterocycles. The minimum atomic E-state index is -0.153. The van der Waals surface area contributed by atoms with Crippen molar-refractivity contribution in [3.05, 3.63) is 53.7 Å². The van der Waals surface area contributed by atoms with Crippen molar-refractivity contribution in [1.29, 1.82) is 0 Å². The van der Waals surface area contributed by atoms with Crippen LogP contribution in [-0.2, 0) is 11.8 Å². The summed E-state index contributed by atoms with van der Waals surface area (Å²) in [5.74, 6) is 0.598. The van der Waals surface area contributed by atoms with Crippen molar-refractivity contribution >= 4 is 17.3 Å². The van der Waals surface area contributed by atoms with Gasteiger partial charge in [-0.25, -0.2) is 0 Å². The molecule has 3 rings (SSSR count). The molecule has 132 valence electrons. The molecule has 1 atom stereocenters. The lowest BCUT2D eigenvalue weighted by Gasteiger charge is -2.21. The van der Waals surface area contributed by atoms with Gasteiger partial charge in [-0.3, -0.25) is 9.48 Å². The van der Waals surface area contributed by atoms with Gasteiger partial charge in [-0.2, -0.15) is 5.10 Å². The Morgan fingerprint density at radius 2 is 2.04 bits per heavy atom. The highest BCUT2D eigenvalue weighted by Crippen LogP contribution is 2.24. The highest BCUT2D eigenvalue weighted by Gasteiger charge is 2.21. The van der Waals surface area contributed by atoms with E-state index in [1.807, 2.05) is 50.4 Å². The van der Waals surface area contributed by atoms with E-state index in [4.69, 9.17) is 0 Å². The minimum Gasteiger partial charge on any atom is -0.310 e. The van der Waals surface area contributed by atoms with Crippen molar-refractivity contribution in [1.82, 2.24) is 14.7 Å². The standard InChI is InChI=1S/C20H26N4O/c1-4-17(15-9-6-5-7-10-15)20(25)21-19-13-18(22-24(19)3)16-11-8-12-23(2)14-16/h5-7,9-11,13,17H,4,8,12,14H2,1-3H3,(H,21,25)/t17-/m0/s1. The molecule has 2 aromatic rings. The molecule has 1 aromatic carbocycles. The number of benzene rings is 1. The van der Waals surface area contributed by atoms with Crippen LogP contribution in [-0.4, -0.2) is 40.7 Å². The van der Waals surface area contributed by atoms with Crippen LogP contribution in [0.5, 0.6) is 0 Å². The Morgan fingerprint density at radius 1 is 1.28 bits per heavy atom.